The fourth-order valence-electron chi connectivity index (χ4n) is 2.31. The molecule has 0 bridgehead atoms. The number of carbonyl (C=O) groups is 2. The molecule has 1 rings (SSSR count). The predicted octanol–water partition coefficient (Wildman–Crippen LogP) is 2.46. The Morgan fingerprint density at radius 3 is 2.20 bits per heavy atom. The summed E-state index contributed by atoms with van der Waals surface area (Å²) in [6.45, 7) is 9.42. The molecule has 4 nitrogen and oxygen atoms in total. The van der Waals surface area contributed by atoms with Gasteiger partial charge in [0.05, 0.1) is 0 Å². The van der Waals surface area contributed by atoms with Gasteiger partial charge in [-0.15, -0.1) is 0 Å². The molecule has 0 heterocycles. The van der Waals surface area contributed by atoms with Crippen molar-refractivity contribution in [2.75, 3.05) is 0 Å². The van der Waals surface area contributed by atoms with Crippen LogP contribution in [0.4, 0.5) is 0 Å². The molecule has 0 aliphatic rings. The largest absolute Gasteiger partial charge is 0.508 e. The van der Waals surface area contributed by atoms with Crippen molar-refractivity contribution >= 4 is 11.7 Å². The molecule has 1 aromatic carbocycles. The molecule has 0 aromatic heterocycles. The standard InChI is InChI=1S/C16H23NO3/c1-10(2)17(11(3)4)16(20)15(19)9-13-8-12(5)6-7-14(13)18/h6-8,10-11,18H,9H2,1-5H3. The van der Waals surface area contributed by atoms with Crippen molar-refractivity contribution < 1.29 is 14.7 Å². The van der Waals surface area contributed by atoms with Gasteiger partial charge in [0.1, 0.15) is 5.75 Å². The number of phenolic OH excluding ortho intramolecular Hbond substituents is 1. The lowest BCUT2D eigenvalue weighted by atomic mass is 10.0. The Balaban J connectivity index is 2.90. The Bertz CT molecular complexity index is 498. The molecule has 0 fully saturated rings. The van der Waals surface area contributed by atoms with Gasteiger partial charge >= 0.3 is 0 Å². The van der Waals surface area contributed by atoms with E-state index in [4.69, 9.17) is 0 Å². The second kappa shape index (κ2) is 6.55. The predicted molar refractivity (Wildman–Crippen MR) is 78.7 cm³/mol. The quantitative estimate of drug-likeness (QED) is 0.841. The Labute approximate surface area is 120 Å². The molecule has 20 heavy (non-hydrogen) atoms. The molecule has 0 radical (unpaired) electrons. The third kappa shape index (κ3) is 3.83. The number of hydrogen-bond donors (Lipinski definition) is 1. The van der Waals surface area contributed by atoms with E-state index in [9.17, 15) is 14.7 Å². The highest BCUT2D eigenvalue weighted by molar-refractivity contribution is 6.36. The summed E-state index contributed by atoms with van der Waals surface area (Å²) in [5.41, 5.74) is 1.44. The molecule has 1 aromatic rings. The van der Waals surface area contributed by atoms with Gasteiger partial charge in [0.25, 0.3) is 5.91 Å². The second-order valence-corrected chi connectivity index (χ2v) is 5.63. The van der Waals surface area contributed by atoms with E-state index in [-0.39, 0.29) is 24.3 Å². The van der Waals surface area contributed by atoms with Crippen LogP contribution in [0.15, 0.2) is 18.2 Å². The topological polar surface area (TPSA) is 57.6 Å². The van der Waals surface area contributed by atoms with Gasteiger partial charge in [0, 0.05) is 24.1 Å². The van der Waals surface area contributed by atoms with Crippen LogP contribution in [-0.2, 0) is 16.0 Å². The number of benzene rings is 1. The third-order valence-corrected chi connectivity index (χ3v) is 3.17. The molecule has 0 unspecified atom stereocenters. The minimum absolute atomic E-state index is 0.0300. The van der Waals surface area contributed by atoms with Gasteiger partial charge in [-0.25, -0.2) is 0 Å². The molecule has 110 valence electrons. The lowest BCUT2D eigenvalue weighted by Gasteiger charge is -2.30. The summed E-state index contributed by atoms with van der Waals surface area (Å²) in [4.78, 5) is 25.9. The van der Waals surface area contributed by atoms with E-state index in [0.717, 1.165) is 5.56 Å². The molecule has 1 amide bonds. The number of phenols is 1. The summed E-state index contributed by atoms with van der Waals surface area (Å²) in [5, 5.41) is 9.75. The Morgan fingerprint density at radius 1 is 1.15 bits per heavy atom. The molecular weight excluding hydrogens is 254 g/mol. The maximum absolute atomic E-state index is 12.2. The summed E-state index contributed by atoms with van der Waals surface area (Å²) in [7, 11) is 0. The minimum atomic E-state index is -0.492. The Morgan fingerprint density at radius 2 is 1.70 bits per heavy atom. The van der Waals surface area contributed by atoms with Gasteiger partial charge in [-0.3, -0.25) is 9.59 Å². The molecule has 0 aliphatic carbocycles. The van der Waals surface area contributed by atoms with Crippen LogP contribution < -0.4 is 0 Å². The summed E-state index contributed by atoms with van der Waals surface area (Å²) in [6.07, 6.45) is -0.0672. The summed E-state index contributed by atoms with van der Waals surface area (Å²) < 4.78 is 0. The van der Waals surface area contributed by atoms with Crippen LogP contribution in [-0.4, -0.2) is 33.8 Å². The van der Waals surface area contributed by atoms with Crippen LogP contribution in [0.2, 0.25) is 0 Å². The van der Waals surface area contributed by atoms with Gasteiger partial charge in [-0.2, -0.15) is 0 Å². The zero-order valence-electron chi connectivity index (χ0n) is 12.8. The highest BCUT2D eigenvalue weighted by Crippen LogP contribution is 2.19. The van der Waals surface area contributed by atoms with Crippen molar-refractivity contribution in [1.29, 1.82) is 0 Å². The number of amides is 1. The SMILES string of the molecule is Cc1ccc(O)c(CC(=O)C(=O)N(C(C)C)C(C)C)c1. The molecular formula is C16H23NO3. The Hall–Kier alpha value is -1.84. The zero-order valence-corrected chi connectivity index (χ0v) is 12.8. The van der Waals surface area contributed by atoms with Crippen LogP contribution in [0.1, 0.15) is 38.8 Å². The average molecular weight is 277 g/mol. The van der Waals surface area contributed by atoms with Crippen molar-refractivity contribution in [2.45, 2.75) is 53.1 Å². The monoisotopic (exact) mass is 277 g/mol. The first-order chi connectivity index (χ1) is 9.23. The van der Waals surface area contributed by atoms with Gasteiger partial charge in [-0.1, -0.05) is 17.7 Å². The smallest absolute Gasteiger partial charge is 0.290 e. The number of Topliss-reactive ketones (excluding diaryl/α,β-unsaturated/α-hetero) is 1. The maximum atomic E-state index is 12.2. The first kappa shape index (κ1) is 16.2. The van der Waals surface area contributed by atoms with Crippen molar-refractivity contribution in [3.63, 3.8) is 0 Å². The molecule has 0 aliphatic heterocycles. The summed E-state index contributed by atoms with van der Waals surface area (Å²) in [6, 6.07) is 4.98. The Kier molecular flexibility index (Phi) is 5.31. The lowest BCUT2D eigenvalue weighted by Crippen LogP contribution is -2.46. The fraction of sp³-hybridized carbons (Fsp3) is 0.500. The molecule has 0 saturated carbocycles. The highest BCUT2D eigenvalue weighted by atomic mass is 16.3. The molecule has 0 atom stereocenters. The van der Waals surface area contributed by atoms with E-state index in [0.29, 0.717) is 5.56 Å². The highest BCUT2D eigenvalue weighted by Gasteiger charge is 2.26. The van der Waals surface area contributed by atoms with Gasteiger partial charge in [0.15, 0.2) is 0 Å². The number of ketones is 1. The van der Waals surface area contributed by atoms with Crippen molar-refractivity contribution in [1.82, 2.24) is 4.90 Å². The number of rotatable bonds is 5. The van der Waals surface area contributed by atoms with Crippen LogP contribution in [0.5, 0.6) is 5.75 Å². The number of carbonyl (C=O) groups excluding carboxylic acids is 2. The maximum Gasteiger partial charge on any atom is 0.290 e. The second-order valence-electron chi connectivity index (χ2n) is 5.63. The van der Waals surface area contributed by atoms with E-state index >= 15 is 0 Å². The van der Waals surface area contributed by atoms with Crippen molar-refractivity contribution in [3.05, 3.63) is 29.3 Å². The first-order valence-electron chi connectivity index (χ1n) is 6.88. The van der Waals surface area contributed by atoms with Gasteiger partial charge in [-0.05, 0) is 40.7 Å². The number of aryl methyl sites for hydroxylation is 1. The zero-order chi connectivity index (χ0) is 15.4. The molecule has 0 spiro atoms. The number of nitrogens with zero attached hydrogens (tertiary/aromatic N) is 1. The molecule has 1 N–H and O–H groups in total. The van der Waals surface area contributed by atoms with Crippen molar-refractivity contribution in [2.24, 2.45) is 0 Å². The molecule has 0 saturated heterocycles. The summed E-state index contributed by atoms with van der Waals surface area (Å²) >= 11 is 0. The molecule has 4 heteroatoms. The van der Waals surface area contributed by atoms with Crippen molar-refractivity contribution in [3.8, 4) is 5.75 Å². The van der Waals surface area contributed by atoms with E-state index in [1.807, 2.05) is 34.6 Å². The number of hydrogen-bond acceptors (Lipinski definition) is 3. The van der Waals surface area contributed by atoms with Crippen LogP contribution in [0.3, 0.4) is 0 Å². The van der Waals surface area contributed by atoms with Gasteiger partial charge < -0.3 is 10.0 Å². The van der Waals surface area contributed by atoms with E-state index in [1.165, 1.54) is 0 Å². The van der Waals surface area contributed by atoms with Crippen LogP contribution in [0.25, 0.3) is 0 Å². The first-order valence-corrected chi connectivity index (χ1v) is 6.88. The van der Waals surface area contributed by atoms with Crippen LogP contribution >= 0.6 is 0 Å². The fourth-order valence-corrected chi connectivity index (χ4v) is 2.31. The van der Waals surface area contributed by atoms with Gasteiger partial charge in [0.2, 0.25) is 5.78 Å². The van der Waals surface area contributed by atoms with E-state index in [2.05, 4.69) is 0 Å². The van der Waals surface area contributed by atoms with E-state index in [1.54, 1.807) is 23.1 Å². The normalized spacial score (nSPS) is 10.9. The number of aromatic hydroxyl groups is 1. The average Bonchev–Trinajstić information content (AvgIpc) is 2.32. The lowest BCUT2D eigenvalue weighted by molar-refractivity contribution is -0.146. The van der Waals surface area contributed by atoms with E-state index < -0.39 is 11.7 Å². The third-order valence-electron chi connectivity index (χ3n) is 3.17. The van der Waals surface area contributed by atoms with Crippen LogP contribution in [0, 0.1) is 6.92 Å². The minimum Gasteiger partial charge on any atom is -0.508 e. The summed E-state index contributed by atoms with van der Waals surface area (Å²) in [5.74, 6) is -0.929.